The number of ether oxygens (including phenoxy) is 1. The highest BCUT2D eigenvalue weighted by Crippen LogP contribution is 2.19. The first kappa shape index (κ1) is 12.5. The van der Waals surface area contributed by atoms with Gasteiger partial charge in [0, 0.05) is 6.20 Å². The van der Waals surface area contributed by atoms with Crippen LogP contribution >= 0.6 is 0 Å². The molecule has 0 amide bonds. The highest BCUT2D eigenvalue weighted by atomic mass is 16.5. The fourth-order valence-electron chi connectivity index (χ4n) is 1.44. The molecule has 0 aliphatic carbocycles. The van der Waals surface area contributed by atoms with Gasteiger partial charge in [-0.15, -0.1) is 0 Å². The number of carboxylic acids is 1. The summed E-state index contributed by atoms with van der Waals surface area (Å²) in [4.78, 5) is 18.6. The number of rotatable bonds is 3. The zero-order valence-corrected chi connectivity index (χ0v) is 9.99. The van der Waals surface area contributed by atoms with E-state index in [9.17, 15) is 4.79 Å². The second-order valence-electron chi connectivity index (χ2n) is 3.70. The summed E-state index contributed by atoms with van der Waals surface area (Å²) in [6.45, 7) is 1.56. The molecule has 2 aromatic rings. The smallest absolute Gasteiger partial charge is 0.339 e. The van der Waals surface area contributed by atoms with Gasteiger partial charge in [0.25, 0.3) is 0 Å². The second kappa shape index (κ2) is 5.14. The molecule has 0 fully saturated rings. The van der Waals surface area contributed by atoms with E-state index in [0.29, 0.717) is 17.0 Å². The Labute approximate surface area is 108 Å². The number of carboxylic acid groups (broad SMARTS) is 1. The van der Waals surface area contributed by atoms with Crippen LogP contribution in [0.1, 0.15) is 21.6 Å². The van der Waals surface area contributed by atoms with Gasteiger partial charge in [0.05, 0.1) is 22.9 Å². The van der Waals surface area contributed by atoms with E-state index in [1.54, 1.807) is 31.2 Å². The molecule has 0 aliphatic heterocycles. The highest BCUT2D eigenvalue weighted by Gasteiger charge is 2.11. The van der Waals surface area contributed by atoms with Gasteiger partial charge in [0.2, 0.25) is 0 Å². The van der Waals surface area contributed by atoms with Gasteiger partial charge in [0.1, 0.15) is 5.75 Å². The molecule has 0 atom stereocenters. The Morgan fingerprint density at radius 1 is 1.47 bits per heavy atom. The van der Waals surface area contributed by atoms with Gasteiger partial charge in [-0.3, -0.25) is 0 Å². The maximum atomic E-state index is 10.8. The Bertz CT molecular complexity index is 677. The molecular weight excluding hydrogens is 246 g/mol. The van der Waals surface area contributed by atoms with Gasteiger partial charge in [-0.05, 0) is 25.1 Å². The van der Waals surface area contributed by atoms with Crippen molar-refractivity contribution in [3.05, 3.63) is 47.3 Å². The monoisotopic (exact) mass is 255 g/mol. The third-order valence-corrected chi connectivity index (χ3v) is 2.36. The zero-order chi connectivity index (χ0) is 13.8. The van der Waals surface area contributed by atoms with Crippen LogP contribution in [0.25, 0.3) is 0 Å². The molecule has 0 radical (unpaired) electrons. The Morgan fingerprint density at radius 2 is 2.26 bits per heavy atom. The van der Waals surface area contributed by atoms with Crippen molar-refractivity contribution in [2.75, 3.05) is 0 Å². The summed E-state index contributed by atoms with van der Waals surface area (Å²) in [6, 6.07) is 8.55. The van der Waals surface area contributed by atoms with E-state index in [4.69, 9.17) is 15.1 Å². The van der Waals surface area contributed by atoms with Gasteiger partial charge in [-0.1, -0.05) is 6.07 Å². The molecular formula is C13H9N3O3. The molecule has 1 N–H and O–H groups in total. The standard InChI is InChI=1S/C13H9N3O3/c1-8-11(12(17)18)7-15-13(16-8)19-10-4-2-3-9(5-10)6-14/h2-5,7H,1H3,(H,17,18). The molecule has 0 bridgehead atoms. The Balaban J connectivity index is 2.26. The third-order valence-electron chi connectivity index (χ3n) is 2.36. The van der Waals surface area contributed by atoms with Crippen LogP contribution in [0, 0.1) is 18.3 Å². The lowest BCUT2D eigenvalue weighted by atomic mass is 10.2. The summed E-state index contributed by atoms with van der Waals surface area (Å²) in [5.41, 5.74) is 0.795. The molecule has 1 aromatic carbocycles. The molecule has 0 aliphatic rings. The number of aryl methyl sites for hydroxylation is 1. The van der Waals surface area contributed by atoms with Crippen LogP contribution in [0.2, 0.25) is 0 Å². The van der Waals surface area contributed by atoms with Gasteiger partial charge in [-0.25, -0.2) is 9.78 Å². The molecule has 94 valence electrons. The summed E-state index contributed by atoms with van der Waals surface area (Å²) in [5.74, 6) is -0.669. The average molecular weight is 255 g/mol. The van der Waals surface area contributed by atoms with Crippen LogP contribution in [0.5, 0.6) is 11.8 Å². The molecule has 0 unspecified atom stereocenters. The van der Waals surface area contributed by atoms with Crippen molar-refractivity contribution in [2.45, 2.75) is 6.92 Å². The maximum Gasteiger partial charge on any atom is 0.339 e. The summed E-state index contributed by atoms with van der Waals surface area (Å²) in [7, 11) is 0. The number of aromatic carboxylic acids is 1. The summed E-state index contributed by atoms with van der Waals surface area (Å²) < 4.78 is 5.37. The fraction of sp³-hybridized carbons (Fsp3) is 0.0769. The molecule has 1 aromatic heterocycles. The molecule has 19 heavy (non-hydrogen) atoms. The van der Waals surface area contributed by atoms with Crippen molar-refractivity contribution in [2.24, 2.45) is 0 Å². The number of hydrogen-bond acceptors (Lipinski definition) is 5. The first-order valence-corrected chi connectivity index (χ1v) is 5.35. The molecule has 1 heterocycles. The van der Waals surface area contributed by atoms with Crippen molar-refractivity contribution in [3.63, 3.8) is 0 Å². The third kappa shape index (κ3) is 2.84. The zero-order valence-electron chi connectivity index (χ0n) is 9.99. The van der Waals surface area contributed by atoms with Crippen LogP contribution in [0.4, 0.5) is 0 Å². The number of hydrogen-bond donors (Lipinski definition) is 1. The molecule has 0 saturated carbocycles. The molecule has 6 nitrogen and oxygen atoms in total. The summed E-state index contributed by atoms with van der Waals surface area (Å²) in [6.07, 6.45) is 1.19. The van der Waals surface area contributed by atoms with E-state index >= 15 is 0 Å². The van der Waals surface area contributed by atoms with Crippen LogP contribution in [0.15, 0.2) is 30.5 Å². The quantitative estimate of drug-likeness (QED) is 0.902. The van der Waals surface area contributed by atoms with E-state index in [2.05, 4.69) is 9.97 Å². The number of carbonyl (C=O) groups is 1. The maximum absolute atomic E-state index is 10.8. The van der Waals surface area contributed by atoms with Crippen LogP contribution in [-0.2, 0) is 0 Å². The first-order valence-electron chi connectivity index (χ1n) is 5.35. The summed E-state index contributed by atoms with van der Waals surface area (Å²) in [5, 5.41) is 17.6. The van der Waals surface area contributed by atoms with Crippen molar-refractivity contribution in [1.82, 2.24) is 9.97 Å². The Kier molecular flexibility index (Phi) is 3.39. The fourth-order valence-corrected chi connectivity index (χ4v) is 1.44. The van der Waals surface area contributed by atoms with E-state index in [-0.39, 0.29) is 11.6 Å². The largest absolute Gasteiger partial charge is 0.478 e. The topological polar surface area (TPSA) is 96.1 Å². The molecule has 0 spiro atoms. The van der Waals surface area contributed by atoms with Crippen LogP contribution in [0.3, 0.4) is 0 Å². The van der Waals surface area contributed by atoms with Crippen molar-refractivity contribution >= 4 is 5.97 Å². The first-order chi connectivity index (χ1) is 9.10. The number of aromatic nitrogens is 2. The number of benzene rings is 1. The lowest BCUT2D eigenvalue weighted by Crippen LogP contribution is -2.04. The van der Waals surface area contributed by atoms with Gasteiger partial charge < -0.3 is 9.84 Å². The number of nitrogens with zero attached hydrogens (tertiary/aromatic N) is 3. The normalized spacial score (nSPS) is 9.68. The van der Waals surface area contributed by atoms with E-state index in [1.807, 2.05) is 6.07 Å². The van der Waals surface area contributed by atoms with E-state index in [0.717, 1.165) is 0 Å². The molecule has 0 saturated heterocycles. The lowest BCUT2D eigenvalue weighted by molar-refractivity contribution is 0.0695. The Morgan fingerprint density at radius 3 is 2.89 bits per heavy atom. The van der Waals surface area contributed by atoms with E-state index in [1.165, 1.54) is 6.20 Å². The van der Waals surface area contributed by atoms with Crippen LogP contribution in [-0.4, -0.2) is 21.0 Å². The van der Waals surface area contributed by atoms with Crippen molar-refractivity contribution in [1.29, 1.82) is 5.26 Å². The van der Waals surface area contributed by atoms with Gasteiger partial charge in [-0.2, -0.15) is 10.2 Å². The highest BCUT2D eigenvalue weighted by molar-refractivity contribution is 5.88. The second-order valence-corrected chi connectivity index (χ2v) is 3.70. The van der Waals surface area contributed by atoms with Crippen LogP contribution < -0.4 is 4.74 Å². The minimum atomic E-state index is -1.09. The number of nitriles is 1. The Hall–Kier alpha value is -2.94. The predicted octanol–water partition coefficient (Wildman–Crippen LogP) is 2.15. The van der Waals surface area contributed by atoms with Crippen molar-refractivity contribution in [3.8, 4) is 17.8 Å². The van der Waals surface area contributed by atoms with E-state index < -0.39 is 5.97 Å². The van der Waals surface area contributed by atoms with Gasteiger partial charge >= 0.3 is 12.0 Å². The predicted molar refractivity (Wildman–Crippen MR) is 65.0 cm³/mol. The van der Waals surface area contributed by atoms with Crippen molar-refractivity contribution < 1.29 is 14.6 Å². The average Bonchev–Trinajstić information content (AvgIpc) is 2.38. The summed E-state index contributed by atoms with van der Waals surface area (Å²) >= 11 is 0. The SMILES string of the molecule is Cc1nc(Oc2cccc(C#N)c2)ncc1C(=O)O. The minimum Gasteiger partial charge on any atom is -0.478 e. The minimum absolute atomic E-state index is 0.0260. The van der Waals surface area contributed by atoms with Gasteiger partial charge in [0.15, 0.2) is 0 Å². The molecule has 6 heteroatoms. The molecule has 2 rings (SSSR count). The lowest BCUT2D eigenvalue weighted by Gasteiger charge is -2.05.